The van der Waals surface area contributed by atoms with Crippen LogP contribution in [0.25, 0.3) is 0 Å². The summed E-state index contributed by atoms with van der Waals surface area (Å²) in [6.45, 7) is 11.2. The fraction of sp³-hybridized carbons (Fsp3) is 0.500. The molecule has 6 heteroatoms. The Morgan fingerprint density at radius 1 is 1.10 bits per heavy atom. The fourth-order valence-electron chi connectivity index (χ4n) is 1.11. The van der Waals surface area contributed by atoms with Crippen molar-refractivity contribution in [1.82, 2.24) is 0 Å². The quantitative estimate of drug-likeness (QED) is 0.383. The second-order valence-electron chi connectivity index (χ2n) is 4.44. The maximum atomic E-state index is 11.4. The van der Waals surface area contributed by atoms with Gasteiger partial charge in [0.1, 0.15) is 13.2 Å². The van der Waals surface area contributed by atoms with Crippen molar-refractivity contribution in [3.8, 4) is 6.26 Å². The predicted molar refractivity (Wildman–Crippen MR) is 71.3 cm³/mol. The number of carbonyl (C=O) groups is 2. The third kappa shape index (κ3) is 5.57. The van der Waals surface area contributed by atoms with Gasteiger partial charge >= 0.3 is 11.9 Å². The zero-order valence-electron chi connectivity index (χ0n) is 12.0. The zero-order valence-corrected chi connectivity index (χ0v) is 12.0. The zero-order chi connectivity index (χ0) is 15.8. The van der Waals surface area contributed by atoms with Crippen LogP contribution >= 0.6 is 0 Å². The van der Waals surface area contributed by atoms with Gasteiger partial charge in [-0.25, -0.2) is 9.59 Å². The van der Waals surface area contributed by atoms with E-state index in [1.165, 1.54) is 20.1 Å². The van der Waals surface area contributed by atoms with Gasteiger partial charge in [0.2, 0.25) is 0 Å². The molecule has 0 aromatic heterocycles. The maximum Gasteiger partial charge on any atom is 0.333 e. The van der Waals surface area contributed by atoms with Gasteiger partial charge in [-0.3, -0.25) is 0 Å². The van der Waals surface area contributed by atoms with Crippen molar-refractivity contribution >= 4 is 11.9 Å². The lowest BCUT2D eigenvalue weighted by Crippen LogP contribution is -2.42. The van der Waals surface area contributed by atoms with E-state index >= 15 is 0 Å². The Hall–Kier alpha value is -2.29. The van der Waals surface area contributed by atoms with Crippen LogP contribution in [0.4, 0.5) is 0 Å². The topological polar surface area (TPSA) is 85.6 Å². The summed E-state index contributed by atoms with van der Waals surface area (Å²) in [7, 11) is 0. The molecule has 0 aliphatic heterocycles. The molecule has 0 radical (unpaired) electrons. The highest BCUT2D eigenvalue weighted by molar-refractivity contribution is 5.87. The molecule has 0 aromatic rings. The van der Waals surface area contributed by atoms with Crippen LogP contribution in [0.3, 0.4) is 0 Å². The van der Waals surface area contributed by atoms with Crippen molar-refractivity contribution in [3.63, 3.8) is 0 Å². The third-order valence-electron chi connectivity index (χ3n) is 2.54. The lowest BCUT2D eigenvalue weighted by atomic mass is 10.0. The van der Waals surface area contributed by atoms with Crippen LogP contribution in [0.5, 0.6) is 0 Å². The Bertz CT molecular complexity index is 417. The molecule has 20 heavy (non-hydrogen) atoms. The second kappa shape index (κ2) is 8.00. The van der Waals surface area contributed by atoms with E-state index in [0.29, 0.717) is 6.42 Å². The molecule has 0 aromatic carbocycles. The molecule has 0 N–H and O–H groups in total. The van der Waals surface area contributed by atoms with Crippen LogP contribution in [0.15, 0.2) is 24.3 Å². The van der Waals surface area contributed by atoms with Gasteiger partial charge in [0.05, 0.1) is 0 Å². The van der Waals surface area contributed by atoms with Crippen LogP contribution in [-0.4, -0.2) is 30.8 Å². The average molecular weight is 281 g/mol. The first kappa shape index (κ1) is 17.7. The van der Waals surface area contributed by atoms with Gasteiger partial charge in [0.15, 0.2) is 5.60 Å². The first-order valence-corrected chi connectivity index (χ1v) is 6.00. The summed E-state index contributed by atoms with van der Waals surface area (Å²) < 4.78 is 14.9. The van der Waals surface area contributed by atoms with Crippen LogP contribution in [0.2, 0.25) is 0 Å². The number of rotatable bonds is 8. The van der Waals surface area contributed by atoms with Crippen molar-refractivity contribution in [3.05, 3.63) is 24.3 Å². The number of hydrogen-bond donors (Lipinski definition) is 0. The average Bonchev–Trinajstić information content (AvgIpc) is 2.40. The molecule has 0 bridgehead atoms. The van der Waals surface area contributed by atoms with Crippen molar-refractivity contribution in [1.29, 1.82) is 5.26 Å². The highest BCUT2D eigenvalue weighted by Crippen LogP contribution is 2.18. The molecule has 0 fully saturated rings. The van der Waals surface area contributed by atoms with E-state index < -0.39 is 17.5 Å². The van der Waals surface area contributed by atoms with Crippen molar-refractivity contribution < 1.29 is 23.8 Å². The van der Waals surface area contributed by atoms with Crippen molar-refractivity contribution in [2.24, 2.45) is 0 Å². The van der Waals surface area contributed by atoms with Gasteiger partial charge in [-0.05, 0) is 20.3 Å². The maximum absolute atomic E-state index is 11.4. The smallest absolute Gasteiger partial charge is 0.333 e. The minimum Gasteiger partial charge on any atom is -0.458 e. The molecule has 0 saturated heterocycles. The number of esters is 2. The first-order chi connectivity index (χ1) is 9.28. The molecule has 0 rings (SSSR count). The van der Waals surface area contributed by atoms with Gasteiger partial charge in [-0.15, -0.1) is 0 Å². The molecular formula is C14H19NO5. The summed E-state index contributed by atoms with van der Waals surface area (Å²) in [5.41, 5.74) is -0.748. The third-order valence-corrected chi connectivity index (χ3v) is 2.54. The standard InChI is InChI=1S/C14H19NO5/c1-6-14(20-9-15,7-18-12(16)10(2)3)8-19-13(17)11(4)5/h2,4,6-8H2,1,3,5H3. The number of nitrogens with zero attached hydrogens (tertiary/aromatic N) is 1. The monoisotopic (exact) mass is 281 g/mol. The van der Waals surface area contributed by atoms with Gasteiger partial charge < -0.3 is 14.2 Å². The Labute approximate surface area is 118 Å². The molecule has 0 spiro atoms. The molecule has 0 aliphatic carbocycles. The van der Waals surface area contributed by atoms with E-state index in [1.54, 1.807) is 6.92 Å². The largest absolute Gasteiger partial charge is 0.458 e. The predicted octanol–water partition coefficient (Wildman–Crippen LogP) is 1.87. The SMILES string of the molecule is C=C(C)C(=O)OCC(CC)(COC(=O)C(=C)C)OC#N. The Morgan fingerprint density at radius 2 is 1.50 bits per heavy atom. The van der Waals surface area contributed by atoms with Crippen LogP contribution in [0.1, 0.15) is 27.2 Å². The lowest BCUT2D eigenvalue weighted by Gasteiger charge is -2.28. The minimum atomic E-state index is -1.20. The molecular weight excluding hydrogens is 262 g/mol. The van der Waals surface area contributed by atoms with E-state index in [-0.39, 0.29) is 24.4 Å². The van der Waals surface area contributed by atoms with Gasteiger partial charge in [-0.1, -0.05) is 20.1 Å². The van der Waals surface area contributed by atoms with E-state index in [2.05, 4.69) is 13.2 Å². The number of nitriles is 1. The highest BCUT2D eigenvalue weighted by atomic mass is 16.6. The first-order valence-electron chi connectivity index (χ1n) is 6.00. The molecule has 6 nitrogen and oxygen atoms in total. The lowest BCUT2D eigenvalue weighted by molar-refractivity contribution is -0.158. The summed E-state index contributed by atoms with van der Waals surface area (Å²) in [5, 5.41) is 8.69. The van der Waals surface area contributed by atoms with Crippen LogP contribution in [-0.2, 0) is 23.8 Å². The van der Waals surface area contributed by atoms with E-state index in [1.807, 2.05) is 0 Å². The summed E-state index contributed by atoms with van der Waals surface area (Å²) >= 11 is 0. The second-order valence-corrected chi connectivity index (χ2v) is 4.44. The van der Waals surface area contributed by atoms with Gasteiger partial charge in [-0.2, -0.15) is 5.26 Å². The Morgan fingerprint density at radius 3 is 1.75 bits per heavy atom. The van der Waals surface area contributed by atoms with E-state index in [0.717, 1.165) is 0 Å². The normalized spacial score (nSPS) is 10.1. The molecule has 110 valence electrons. The molecule has 0 amide bonds. The van der Waals surface area contributed by atoms with Crippen LogP contribution < -0.4 is 0 Å². The molecule has 0 heterocycles. The Balaban J connectivity index is 4.78. The van der Waals surface area contributed by atoms with Gasteiger partial charge in [0, 0.05) is 11.1 Å². The highest BCUT2D eigenvalue weighted by Gasteiger charge is 2.35. The van der Waals surface area contributed by atoms with Crippen LogP contribution in [0, 0.1) is 11.5 Å². The number of hydrogen-bond acceptors (Lipinski definition) is 6. The fourth-order valence-corrected chi connectivity index (χ4v) is 1.11. The summed E-state index contributed by atoms with van der Waals surface area (Å²) in [5.74, 6) is -1.20. The molecule has 0 unspecified atom stereocenters. The van der Waals surface area contributed by atoms with Crippen molar-refractivity contribution in [2.45, 2.75) is 32.8 Å². The summed E-state index contributed by atoms with van der Waals surface area (Å²) in [6.07, 6.45) is 1.85. The molecule has 0 saturated carbocycles. The molecule has 0 aliphatic rings. The number of carbonyl (C=O) groups excluding carboxylic acids is 2. The summed E-state index contributed by atoms with van der Waals surface area (Å²) in [6, 6.07) is 0. The minimum absolute atomic E-state index is 0.216. The summed E-state index contributed by atoms with van der Waals surface area (Å²) in [4.78, 5) is 22.7. The Kier molecular flexibility index (Phi) is 7.08. The number of ether oxygens (including phenoxy) is 3. The molecule has 0 atom stereocenters. The van der Waals surface area contributed by atoms with E-state index in [4.69, 9.17) is 19.5 Å². The van der Waals surface area contributed by atoms with Crippen molar-refractivity contribution in [2.75, 3.05) is 13.2 Å². The van der Waals surface area contributed by atoms with Gasteiger partial charge in [0.25, 0.3) is 6.26 Å². The van der Waals surface area contributed by atoms with E-state index in [9.17, 15) is 9.59 Å².